The minimum absolute atomic E-state index is 0.0749. The molecule has 0 saturated carbocycles. The summed E-state index contributed by atoms with van der Waals surface area (Å²) in [6.45, 7) is 4.08. The number of carbonyl (C=O) groups excluding carboxylic acids is 2. The zero-order valence-electron chi connectivity index (χ0n) is 10.4. The summed E-state index contributed by atoms with van der Waals surface area (Å²) in [6.07, 6.45) is 1.82. The van der Waals surface area contributed by atoms with E-state index >= 15 is 0 Å². The van der Waals surface area contributed by atoms with E-state index in [9.17, 15) is 9.59 Å². The number of amides is 2. The van der Waals surface area contributed by atoms with E-state index in [-0.39, 0.29) is 24.3 Å². The molecule has 0 fully saturated rings. The average molecular weight is 314 g/mol. The van der Waals surface area contributed by atoms with Gasteiger partial charge in [0.2, 0.25) is 5.91 Å². The molecule has 0 unspecified atom stereocenters. The van der Waals surface area contributed by atoms with E-state index in [0.29, 0.717) is 12.2 Å². The second-order valence-electron chi connectivity index (χ2n) is 4.09. The van der Waals surface area contributed by atoms with Crippen molar-refractivity contribution in [2.24, 2.45) is 0 Å². The SMILES string of the molecule is CC(C)NC(=O)CCNC(=O)c1ccc(Br)cn1. The van der Waals surface area contributed by atoms with Gasteiger partial charge in [0.1, 0.15) is 5.69 Å². The van der Waals surface area contributed by atoms with Gasteiger partial charge in [-0.15, -0.1) is 0 Å². The lowest BCUT2D eigenvalue weighted by molar-refractivity contribution is -0.121. The quantitative estimate of drug-likeness (QED) is 0.865. The van der Waals surface area contributed by atoms with Gasteiger partial charge in [0.25, 0.3) is 5.91 Å². The molecule has 0 radical (unpaired) electrons. The molecule has 0 atom stereocenters. The first kappa shape index (κ1) is 14.6. The summed E-state index contributed by atoms with van der Waals surface area (Å²) >= 11 is 3.24. The van der Waals surface area contributed by atoms with E-state index in [0.717, 1.165) is 4.47 Å². The molecular weight excluding hydrogens is 298 g/mol. The van der Waals surface area contributed by atoms with Gasteiger partial charge in [0.15, 0.2) is 0 Å². The Bertz CT molecular complexity index is 418. The molecule has 1 aromatic heterocycles. The number of nitrogens with one attached hydrogen (secondary N) is 2. The molecule has 0 saturated heterocycles. The molecule has 2 amide bonds. The van der Waals surface area contributed by atoms with Crippen molar-refractivity contribution < 1.29 is 9.59 Å². The Hall–Kier alpha value is -1.43. The maximum Gasteiger partial charge on any atom is 0.269 e. The van der Waals surface area contributed by atoms with E-state index in [1.165, 1.54) is 0 Å². The molecule has 98 valence electrons. The summed E-state index contributed by atoms with van der Waals surface area (Å²) in [5.41, 5.74) is 0.336. The minimum atomic E-state index is -0.278. The Morgan fingerprint density at radius 3 is 2.67 bits per heavy atom. The van der Waals surface area contributed by atoms with E-state index in [1.807, 2.05) is 13.8 Å². The Labute approximate surface area is 114 Å². The highest BCUT2D eigenvalue weighted by Crippen LogP contribution is 2.07. The average Bonchev–Trinajstić information content (AvgIpc) is 2.28. The van der Waals surface area contributed by atoms with Crippen molar-refractivity contribution in [2.45, 2.75) is 26.3 Å². The van der Waals surface area contributed by atoms with Crippen LogP contribution in [0.25, 0.3) is 0 Å². The van der Waals surface area contributed by atoms with Gasteiger partial charge in [-0.2, -0.15) is 0 Å². The molecule has 0 aromatic carbocycles. The molecule has 5 nitrogen and oxygen atoms in total. The standard InChI is InChI=1S/C12H16BrN3O2/c1-8(2)16-11(17)5-6-14-12(18)10-4-3-9(13)7-15-10/h3-4,7-8H,5-6H2,1-2H3,(H,14,18)(H,16,17). The monoisotopic (exact) mass is 313 g/mol. The molecular formula is C12H16BrN3O2. The highest BCUT2D eigenvalue weighted by molar-refractivity contribution is 9.10. The van der Waals surface area contributed by atoms with Crippen LogP contribution in [0, 0.1) is 0 Å². The molecule has 1 aromatic rings. The molecule has 0 bridgehead atoms. The van der Waals surface area contributed by atoms with Gasteiger partial charge < -0.3 is 10.6 Å². The third-order valence-corrected chi connectivity index (χ3v) is 2.52. The van der Waals surface area contributed by atoms with Gasteiger partial charge >= 0.3 is 0 Å². The van der Waals surface area contributed by atoms with Crippen molar-refractivity contribution >= 4 is 27.7 Å². The van der Waals surface area contributed by atoms with Gasteiger partial charge in [0.05, 0.1) is 0 Å². The van der Waals surface area contributed by atoms with E-state index in [1.54, 1.807) is 18.3 Å². The van der Waals surface area contributed by atoms with E-state index < -0.39 is 0 Å². The third-order valence-electron chi connectivity index (χ3n) is 2.05. The second kappa shape index (κ2) is 7.10. The molecule has 2 N–H and O–H groups in total. The number of nitrogens with zero attached hydrogens (tertiary/aromatic N) is 1. The summed E-state index contributed by atoms with van der Waals surface area (Å²) < 4.78 is 0.815. The summed E-state index contributed by atoms with van der Waals surface area (Å²) in [5, 5.41) is 5.40. The normalized spacial score (nSPS) is 10.2. The third kappa shape index (κ3) is 5.27. The summed E-state index contributed by atoms with van der Waals surface area (Å²) in [5.74, 6) is -0.353. The highest BCUT2D eigenvalue weighted by atomic mass is 79.9. The van der Waals surface area contributed by atoms with Crippen LogP contribution in [0.2, 0.25) is 0 Å². The molecule has 0 aliphatic rings. The number of halogens is 1. The zero-order chi connectivity index (χ0) is 13.5. The Balaban J connectivity index is 2.33. The molecule has 0 aliphatic carbocycles. The zero-order valence-corrected chi connectivity index (χ0v) is 12.0. The number of rotatable bonds is 5. The van der Waals surface area contributed by atoms with Gasteiger partial charge in [0, 0.05) is 29.7 Å². The van der Waals surface area contributed by atoms with Crippen molar-refractivity contribution in [1.29, 1.82) is 0 Å². The van der Waals surface area contributed by atoms with Crippen LogP contribution in [-0.2, 0) is 4.79 Å². The van der Waals surface area contributed by atoms with Crippen molar-refractivity contribution in [3.63, 3.8) is 0 Å². The predicted molar refractivity (Wildman–Crippen MR) is 72.2 cm³/mol. The fourth-order valence-electron chi connectivity index (χ4n) is 1.28. The highest BCUT2D eigenvalue weighted by Gasteiger charge is 2.08. The lowest BCUT2D eigenvalue weighted by Crippen LogP contribution is -2.34. The van der Waals surface area contributed by atoms with Gasteiger partial charge in [-0.05, 0) is 41.9 Å². The van der Waals surface area contributed by atoms with Crippen LogP contribution in [0.3, 0.4) is 0 Å². The molecule has 6 heteroatoms. The summed E-state index contributed by atoms with van der Waals surface area (Å²) in [6, 6.07) is 3.47. The summed E-state index contributed by atoms with van der Waals surface area (Å²) in [4.78, 5) is 26.9. The van der Waals surface area contributed by atoms with Crippen LogP contribution < -0.4 is 10.6 Å². The van der Waals surface area contributed by atoms with Crippen molar-refractivity contribution in [2.75, 3.05) is 6.54 Å². The number of hydrogen-bond acceptors (Lipinski definition) is 3. The molecule has 1 heterocycles. The number of carbonyl (C=O) groups is 2. The minimum Gasteiger partial charge on any atom is -0.354 e. The lowest BCUT2D eigenvalue weighted by atomic mass is 10.3. The number of pyridine rings is 1. The van der Waals surface area contributed by atoms with Crippen molar-refractivity contribution in [3.8, 4) is 0 Å². The van der Waals surface area contributed by atoms with Crippen LogP contribution in [0.4, 0.5) is 0 Å². The Morgan fingerprint density at radius 2 is 2.11 bits per heavy atom. The smallest absolute Gasteiger partial charge is 0.269 e. The van der Waals surface area contributed by atoms with Gasteiger partial charge in [-0.1, -0.05) is 0 Å². The van der Waals surface area contributed by atoms with E-state index in [2.05, 4.69) is 31.5 Å². The van der Waals surface area contributed by atoms with Crippen LogP contribution in [0.15, 0.2) is 22.8 Å². The first-order valence-corrected chi connectivity index (χ1v) is 6.47. The van der Waals surface area contributed by atoms with Crippen LogP contribution in [-0.4, -0.2) is 29.4 Å². The number of hydrogen-bond donors (Lipinski definition) is 2. The maximum absolute atomic E-state index is 11.6. The summed E-state index contributed by atoms with van der Waals surface area (Å²) in [7, 11) is 0. The molecule has 18 heavy (non-hydrogen) atoms. The number of aromatic nitrogens is 1. The van der Waals surface area contributed by atoms with Gasteiger partial charge in [-0.25, -0.2) is 4.98 Å². The van der Waals surface area contributed by atoms with Crippen molar-refractivity contribution in [1.82, 2.24) is 15.6 Å². The first-order valence-electron chi connectivity index (χ1n) is 5.68. The molecule has 1 rings (SSSR count). The second-order valence-corrected chi connectivity index (χ2v) is 5.01. The Morgan fingerprint density at radius 1 is 1.39 bits per heavy atom. The van der Waals surface area contributed by atoms with Crippen LogP contribution in [0.5, 0.6) is 0 Å². The fourth-order valence-corrected chi connectivity index (χ4v) is 1.52. The molecule has 0 aliphatic heterocycles. The first-order chi connectivity index (χ1) is 8.49. The predicted octanol–water partition coefficient (Wildman–Crippen LogP) is 1.49. The molecule has 0 spiro atoms. The fraction of sp³-hybridized carbons (Fsp3) is 0.417. The van der Waals surface area contributed by atoms with Crippen LogP contribution in [0.1, 0.15) is 30.8 Å². The van der Waals surface area contributed by atoms with Crippen molar-refractivity contribution in [3.05, 3.63) is 28.5 Å². The van der Waals surface area contributed by atoms with Gasteiger partial charge in [-0.3, -0.25) is 9.59 Å². The lowest BCUT2D eigenvalue weighted by Gasteiger charge is -2.08. The maximum atomic E-state index is 11.6. The van der Waals surface area contributed by atoms with E-state index in [4.69, 9.17) is 0 Å². The van der Waals surface area contributed by atoms with Crippen LogP contribution >= 0.6 is 15.9 Å². The Kier molecular flexibility index (Phi) is 5.77. The topological polar surface area (TPSA) is 71.1 Å². The largest absolute Gasteiger partial charge is 0.354 e.